The number of rotatable bonds is 4. The lowest BCUT2D eigenvalue weighted by molar-refractivity contribution is -0.159. The number of nitrogens with zero attached hydrogens (tertiary/aromatic N) is 1. The molecule has 0 fully saturated rings. The van der Waals surface area contributed by atoms with E-state index in [-0.39, 0.29) is 24.7 Å². The normalized spacial score (nSPS) is 17.2. The molecule has 0 unspecified atom stereocenters. The summed E-state index contributed by atoms with van der Waals surface area (Å²) >= 11 is 0. The Balaban J connectivity index is 2.03. The van der Waals surface area contributed by atoms with Gasteiger partial charge in [-0.05, 0) is 59.5 Å². The Labute approximate surface area is 153 Å². The average Bonchev–Trinajstić information content (AvgIpc) is 2.88. The molecule has 2 rings (SSSR count). The van der Waals surface area contributed by atoms with E-state index < -0.39 is 17.1 Å². The topological polar surface area (TPSA) is 99.9 Å². The molecule has 8 nitrogen and oxygen atoms in total. The maximum atomic E-state index is 12.1. The zero-order chi connectivity index (χ0) is 19.5. The van der Waals surface area contributed by atoms with Crippen LogP contribution >= 0.6 is 0 Å². The summed E-state index contributed by atoms with van der Waals surface area (Å²) in [5, 5.41) is 6.74. The largest absolute Gasteiger partial charge is 0.444 e. The van der Waals surface area contributed by atoms with Crippen molar-refractivity contribution in [3.63, 3.8) is 0 Å². The number of fused-ring (bicyclic) bond motifs is 1. The van der Waals surface area contributed by atoms with Crippen molar-refractivity contribution < 1.29 is 28.3 Å². The van der Waals surface area contributed by atoms with Crippen LogP contribution < -0.4 is 10.1 Å². The zero-order valence-corrected chi connectivity index (χ0v) is 16.3. The van der Waals surface area contributed by atoms with Crippen molar-refractivity contribution in [3.05, 3.63) is 11.3 Å². The summed E-state index contributed by atoms with van der Waals surface area (Å²) in [4.78, 5) is 23.9. The van der Waals surface area contributed by atoms with Crippen molar-refractivity contribution in [1.82, 2.24) is 10.5 Å². The second-order valence-electron chi connectivity index (χ2n) is 8.36. The molecule has 146 valence electrons. The number of aryl methyl sites for hydroxylation is 1. The molecule has 1 atom stereocenters. The van der Waals surface area contributed by atoms with Gasteiger partial charge in [0.2, 0.25) is 6.79 Å². The van der Waals surface area contributed by atoms with E-state index in [1.807, 2.05) is 0 Å². The number of esters is 1. The third-order valence-electron chi connectivity index (χ3n) is 3.70. The van der Waals surface area contributed by atoms with Crippen LogP contribution in [-0.4, -0.2) is 29.6 Å². The molecule has 1 aromatic heterocycles. The van der Waals surface area contributed by atoms with Gasteiger partial charge in [-0.15, -0.1) is 0 Å². The maximum Gasteiger partial charge on any atom is 0.408 e. The molecule has 0 saturated heterocycles. The fourth-order valence-corrected chi connectivity index (χ4v) is 2.50. The van der Waals surface area contributed by atoms with Crippen LogP contribution in [0.4, 0.5) is 4.79 Å². The first-order valence-electron chi connectivity index (χ1n) is 8.75. The number of alkyl carbamates (subject to hydrolysis) is 1. The van der Waals surface area contributed by atoms with E-state index in [0.29, 0.717) is 24.2 Å². The third kappa shape index (κ3) is 5.37. The van der Waals surface area contributed by atoms with Crippen LogP contribution in [0.15, 0.2) is 4.52 Å². The van der Waals surface area contributed by atoms with E-state index in [2.05, 4.69) is 10.5 Å². The van der Waals surface area contributed by atoms with Gasteiger partial charge in [-0.3, -0.25) is 4.79 Å². The molecule has 0 spiro atoms. The smallest absolute Gasteiger partial charge is 0.408 e. The molecule has 1 aromatic rings. The molecule has 1 N–H and O–H groups in total. The fourth-order valence-electron chi connectivity index (χ4n) is 2.50. The third-order valence-corrected chi connectivity index (χ3v) is 3.70. The number of ether oxygens (including phenoxy) is 3. The van der Waals surface area contributed by atoms with Gasteiger partial charge in [0, 0.05) is 6.42 Å². The molecule has 0 bridgehead atoms. The lowest BCUT2D eigenvalue weighted by Gasteiger charge is -2.25. The zero-order valence-electron chi connectivity index (χ0n) is 16.3. The van der Waals surface area contributed by atoms with E-state index >= 15 is 0 Å². The van der Waals surface area contributed by atoms with Crippen LogP contribution in [0.5, 0.6) is 5.88 Å². The highest BCUT2D eigenvalue weighted by Gasteiger charge is 2.32. The van der Waals surface area contributed by atoms with Crippen LogP contribution in [0.2, 0.25) is 0 Å². The fraction of sp³-hybridized carbons (Fsp3) is 0.722. The van der Waals surface area contributed by atoms with Crippen molar-refractivity contribution in [1.29, 1.82) is 0 Å². The molecule has 1 amide bonds. The molecule has 26 heavy (non-hydrogen) atoms. The number of hydrogen-bond donors (Lipinski definition) is 1. The molecular weight excluding hydrogens is 341 g/mol. The van der Waals surface area contributed by atoms with Crippen molar-refractivity contribution in [2.45, 2.75) is 72.4 Å². The molecule has 1 aliphatic rings. The van der Waals surface area contributed by atoms with Crippen molar-refractivity contribution in [3.8, 4) is 5.88 Å². The van der Waals surface area contributed by atoms with Gasteiger partial charge in [-0.25, -0.2) is 4.79 Å². The Morgan fingerprint density at radius 3 is 2.54 bits per heavy atom. The van der Waals surface area contributed by atoms with E-state index in [9.17, 15) is 9.59 Å². The minimum absolute atomic E-state index is 0.225. The summed E-state index contributed by atoms with van der Waals surface area (Å²) < 4.78 is 21.2. The lowest BCUT2D eigenvalue weighted by Crippen LogP contribution is -2.36. The summed E-state index contributed by atoms with van der Waals surface area (Å²) in [6, 6.07) is -0.326. The number of carbonyl (C=O) groups excluding carboxylic acids is 2. The van der Waals surface area contributed by atoms with Crippen LogP contribution in [0, 0.1) is 5.41 Å². The quantitative estimate of drug-likeness (QED) is 0.640. The minimum atomic E-state index is -0.618. The van der Waals surface area contributed by atoms with Crippen LogP contribution in [-0.2, 0) is 20.7 Å². The SMILES string of the molecule is CC(C)(C)OC(=O)N[C@@H]1CCCc2on[13c](OCOC(=O)C(C)(C)C)c21. The van der Waals surface area contributed by atoms with Gasteiger partial charge in [0.1, 0.15) is 11.4 Å². The predicted octanol–water partition coefficient (Wildman–Crippen LogP) is 3.50. The summed E-state index contributed by atoms with van der Waals surface area (Å²) in [6.07, 6.45) is 1.76. The van der Waals surface area contributed by atoms with E-state index in [1.165, 1.54) is 0 Å². The van der Waals surface area contributed by atoms with Gasteiger partial charge in [-0.2, -0.15) is 0 Å². The van der Waals surface area contributed by atoms with Gasteiger partial charge in [-0.1, -0.05) is 0 Å². The van der Waals surface area contributed by atoms with Gasteiger partial charge in [0.05, 0.1) is 17.0 Å². The highest BCUT2D eigenvalue weighted by molar-refractivity contribution is 5.75. The van der Waals surface area contributed by atoms with Crippen LogP contribution in [0.1, 0.15) is 71.7 Å². The number of carbonyl (C=O) groups is 2. The second-order valence-corrected chi connectivity index (χ2v) is 8.36. The highest BCUT2D eigenvalue weighted by Crippen LogP contribution is 2.36. The maximum absolute atomic E-state index is 12.1. The molecule has 0 radical (unpaired) electrons. The van der Waals surface area contributed by atoms with E-state index in [1.54, 1.807) is 41.5 Å². The first kappa shape index (κ1) is 20.1. The van der Waals surface area contributed by atoms with Gasteiger partial charge >= 0.3 is 12.1 Å². The second kappa shape index (κ2) is 7.55. The van der Waals surface area contributed by atoms with Crippen molar-refractivity contribution in [2.24, 2.45) is 5.41 Å². The van der Waals surface area contributed by atoms with Gasteiger partial charge in [0.15, 0.2) is 0 Å². The Bertz CT molecular complexity index is 654. The Kier molecular flexibility index (Phi) is 5.83. The Hall–Kier alpha value is -2.25. The number of amides is 1. The summed E-state index contributed by atoms with van der Waals surface area (Å²) in [6.45, 7) is 10.4. The Morgan fingerprint density at radius 1 is 1.23 bits per heavy atom. The molecule has 1 aliphatic carbocycles. The van der Waals surface area contributed by atoms with Crippen molar-refractivity contribution >= 4 is 12.1 Å². The first-order valence-corrected chi connectivity index (χ1v) is 8.75. The first-order chi connectivity index (χ1) is 12.0. The van der Waals surface area contributed by atoms with Crippen LogP contribution in [0.25, 0.3) is 0 Å². The number of aromatic nitrogens is 1. The molecule has 0 aliphatic heterocycles. The Morgan fingerprint density at radius 2 is 1.92 bits per heavy atom. The molecule has 1 heterocycles. The number of hydrogen-bond acceptors (Lipinski definition) is 7. The molecule has 0 saturated carbocycles. The summed E-state index contributed by atoms with van der Waals surface area (Å²) in [7, 11) is 0. The molecule has 0 aromatic carbocycles. The average molecular weight is 369 g/mol. The summed E-state index contributed by atoms with van der Waals surface area (Å²) in [5.41, 5.74) is -0.529. The van der Waals surface area contributed by atoms with E-state index in [0.717, 1.165) is 6.42 Å². The van der Waals surface area contributed by atoms with E-state index in [4.69, 9.17) is 18.7 Å². The lowest BCUT2D eigenvalue weighted by atomic mass is 9.96. The monoisotopic (exact) mass is 369 g/mol. The molecular formula is C18H28N2O6. The highest BCUT2D eigenvalue weighted by atomic mass is 16.7. The molecule has 8 heteroatoms. The minimum Gasteiger partial charge on any atom is -0.444 e. The van der Waals surface area contributed by atoms with Crippen molar-refractivity contribution in [2.75, 3.05) is 6.79 Å². The van der Waals surface area contributed by atoms with Gasteiger partial charge < -0.3 is 24.1 Å². The number of nitrogens with one attached hydrogen (secondary N) is 1. The van der Waals surface area contributed by atoms with Crippen LogP contribution in [0.3, 0.4) is 0 Å². The predicted molar refractivity (Wildman–Crippen MR) is 92.6 cm³/mol. The standard InChI is InChI=1S/C18H28N2O6/c1-17(2,3)15(21)24-10-23-14-13-11(8-7-9-12(13)26-20-14)19-16(22)25-18(4,5)6/h11H,7-10H2,1-6H3,(H,19,22)/t11-/m1/s1/i14+1. The summed E-state index contributed by atoms with van der Waals surface area (Å²) in [5.74, 6) is 0.509. The van der Waals surface area contributed by atoms with Gasteiger partial charge in [0.25, 0.3) is 5.88 Å².